The highest BCUT2D eigenvalue weighted by Gasteiger charge is 2.48. The Morgan fingerprint density at radius 3 is 1.97 bits per heavy atom. The molecule has 1 unspecified atom stereocenters. The van der Waals surface area contributed by atoms with E-state index in [1.54, 1.807) is 0 Å². The first-order valence-corrected chi connectivity index (χ1v) is 11.8. The average Bonchev–Trinajstić information content (AvgIpc) is 3.25. The molecule has 3 nitrogen and oxygen atoms in total. The number of rotatable bonds is 6. The van der Waals surface area contributed by atoms with Crippen LogP contribution in [0.4, 0.5) is 4.79 Å². The van der Waals surface area contributed by atoms with Gasteiger partial charge in [-0.1, -0.05) is 116 Å². The number of ether oxygens (including phenoxy) is 1. The highest BCUT2D eigenvalue weighted by Crippen LogP contribution is 2.44. The Morgan fingerprint density at radius 2 is 1.45 bits per heavy atom. The van der Waals surface area contributed by atoms with Crippen molar-refractivity contribution in [2.45, 2.75) is 45.3 Å². The van der Waals surface area contributed by atoms with Gasteiger partial charge in [-0.15, -0.1) is 0 Å². The number of benzene rings is 3. The summed E-state index contributed by atoms with van der Waals surface area (Å²) in [4.78, 5) is 15.3. The summed E-state index contributed by atoms with van der Waals surface area (Å²) in [7, 11) is 0. The molecule has 3 aromatic rings. The van der Waals surface area contributed by atoms with Crippen LogP contribution in [-0.2, 0) is 16.8 Å². The lowest BCUT2D eigenvalue weighted by atomic mass is 9.73. The van der Waals surface area contributed by atoms with Crippen molar-refractivity contribution >= 4 is 6.09 Å². The molecule has 33 heavy (non-hydrogen) atoms. The van der Waals surface area contributed by atoms with Gasteiger partial charge in [0, 0.05) is 12.0 Å². The van der Waals surface area contributed by atoms with Crippen molar-refractivity contribution in [2.75, 3.05) is 6.54 Å². The molecule has 0 saturated carbocycles. The highest BCUT2D eigenvalue weighted by molar-refractivity contribution is 5.70. The second kappa shape index (κ2) is 10.1. The van der Waals surface area contributed by atoms with E-state index < -0.39 is 0 Å². The van der Waals surface area contributed by atoms with Gasteiger partial charge in [0.15, 0.2) is 0 Å². The highest BCUT2D eigenvalue weighted by atomic mass is 16.6. The smallest absolute Gasteiger partial charge is 0.410 e. The quantitative estimate of drug-likeness (QED) is 0.388. The summed E-state index contributed by atoms with van der Waals surface area (Å²) in [5, 5.41) is 0. The Kier molecular flexibility index (Phi) is 6.98. The van der Waals surface area contributed by atoms with Crippen LogP contribution in [0.5, 0.6) is 0 Å². The largest absolute Gasteiger partial charge is 0.445 e. The molecule has 0 aliphatic carbocycles. The first-order valence-electron chi connectivity index (χ1n) is 11.8. The number of hydrogen-bond acceptors (Lipinski definition) is 2. The van der Waals surface area contributed by atoms with Crippen LogP contribution in [0, 0.1) is 5.92 Å². The van der Waals surface area contributed by atoms with Crippen LogP contribution >= 0.6 is 0 Å². The van der Waals surface area contributed by atoms with Crippen LogP contribution in [0.25, 0.3) is 0 Å². The van der Waals surface area contributed by atoms with Gasteiger partial charge in [-0.2, -0.15) is 0 Å². The van der Waals surface area contributed by atoms with E-state index in [-0.39, 0.29) is 24.2 Å². The van der Waals surface area contributed by atoms with Gasteiger partial charge in [-0.25, -0.2) is 4.79 Å². The second-order valence-electron chi connectivity index (χ2n) is 9.32. The molecule has 0 N–H and O–H groups in total. The Hall–Kier alpha value is -3.33. The van der Waals surface area contributed by atoms with E-state index >= 15 is 0 Å². The predicted molar refractivity (Wildman–Crippen MR) is 134 cm³/mol. The molecule has 1 heterocycles. The third-order valence-corrected chi connectivity index (χ3v) is 6.86. The summed E-state index contributed by atoms with van der Waals surface area (Å²) in [5.74, 6) is 0.427. The molecule has 1 aliphatic heterocycles. The van der Waals surface area contributed by atoms with Crippen molar-refractivity contribution in [3.05, 3.63) is 119 Å². The number of amides is 1. The van der Waals surface area contributed by atoms with E-state index in [4.69, 9.17) is 4.74 Å². The van der Waals surface area contributed by atoms with Gasteiger partial charge in [-0.3, -0.25) is 0 Å². The number of carbonyl (C=O) groups is 1. The zero-order valence-electron chi connectivity index (χ0n) is 19.8. The number of allylic oxidation sites excluding steroid dienone is 1. The molecule has 0 aromatic heterocycles. The zero-order valence-corrected chi connectivity index (χ0v) is 19.8. The van der Waals surface area contributed by atoms with Crippen LogP contribution < -0.4 is 0 Å². The summed E-state index contributed by atoms with van der Waals surface area (Å²) >= 11 is 0. The van der Waals surface area contributed by atoms with E-state index in [2.05, 4.69) is 75.4 Å². The summed E-state index contributed by atoms with van der Waals surface area (Å²) in [6.45, 7) is 7.41. The zero-order chi connectivity index (χ0) is 23.3. The normalized spacial score (nSPS) is 17.9. The molecule has 3 aromatic carbocycles. The Balaban J connectivity index is 1.71. The molecule has 170 valence electrons. The minimum Gasteiger partial charge on any atom is -0.445 e. The predicted octanol–water partition coefficient (Wildman–Crippen LogP) is 6.99. The lowest BCUT2D eigenvalue weighted by Gasteiger charge is -2.30. The maximum absolute atomic E-state index is 13.4. The van der Waals surface area contributed by atoms with Gasteiger partial charge in [0.1, 0.15) is 6.61 Å². The number of carbonyl (C=O) groups excluding carboxylic acids is 1. The fraction of sp³-hybridized carbons (Fsp3) is 0.300. The van der Waals surface area contributed by atoms with Crippen LogP contribution in [0.15, 0.2) is 103 Å². The summed E-state index contributed by atoms with van der Waals surface area (Å²) in [6.07, 6.45) is 2.83. The molecule has 4 rings (SSSR count). The summed E-state index contributed by atoms with van der Waals surface area (Å²) < 4.78 is 5.81. The Morgan fingerprint density at radius 1 is 0.939 bits per heavy atom. The summed E-state index contributed by atoms with van der Waals surface area (Å²) in [6, 6.07) is 31.0. The lowest BCUT2D eigenvalue weighted by molar-refractivity contribution is 0.0962. The van der Waals surface area contributed by atoms with E-state index in [1.807, 2.05) is 47.4 Å². The molecule has 0 bridgehead atoms. The number of hydrogen-bond donors (Lipinski definition) is 0. The number of likely N-dealkylation sites (tertiary alicyclic amines) is 1. The van der Waals surface area contributed by atoms with Crippen LogP contribution in [0.2, 0.25) is 0 Å². The monoisotopic (exact) mass is 439 g/mol. The van der Waals surface area contributed by atoms with E-state index in [9.17, 15) is 4.79 Å². The standard InChI is InChI=1S/C30H33NO2/c1-23(2)24(3)19-28-20-30(26-15-9-5-10-16-26,27-17-11-6-12-18-27)22-31(28)29(32)33-21-25-13-7-4-8-14-25/h4-19,23,28H,20-22H2,1-3H3/b24-19-. The molecular formula is C30H33NO2. The van der Waals surface area contributed by atoms with Gasteiger partial charge in [-0.05, 0) is 36.0 Å². The summed E-state index contributed by atoms with van der Waals surface area (Å²) in [5.41, 5.74) is 4.46. The molecular weight excluding hydrogens is 406 g/mol. The van der Waals surface area contributed by atoms with E-state index in [0.29, 0.717) is 12.5 Å². The molecule has 1 saturated heterocycles. The second-order valence-corrected chi connectivity index (χ2v) is 9.32. The first-order chi connectivity index (χ1) is 16.0. The lowest BCUT2D eigenvalue weighted by Crippen LogP contribution is -2.38. The van der Waals surface area contributed by atoms with E-state index in [1.165, 1.54) is 16.7 Å². The maximum atomic E-state index is 13.4. The van der Waals surface area contributed by atoms with Gasteiger partial charge >= 0.3 is 6.09 Å². The first kappa shape index (κ1) is 22.8. The Labute approximate surface area is 197 Å². The van der Waals surface area contributed by atoms with Crippen LogP contribution in [-0.4, -0.2) is 23.6 Å². The van der Waals surface area contributed by atoms with Crippen molar-refractivity contribution in [3.63, 3.8) is 0 Å². The van der Waals surface area contributed by atoms with Gasteiger partial charge < -0.3 is 9.64 Å². The molecule has 1 fully saturated rings. The van der Waals surface area contributed by atoms with Crippen molar-refractivity contribution in [1.82, 2.24) is 4.90 Å². The molecule has 3 heteroatoms. The van der Waals surface area contributed by atoms with E-state index in [0.717, 1.165) is 12.0 Å². The maximum Gasteiger partial charge on any atom is 0.410 e. The number of nitrogens with zero attached hydrogens (tertiary/aromatic N) is 1. The third-order valence-electron chi connectivity index (χ3n) is 6.86. The van der Waals surface area contributed by atoms with Gasteiger partial charge in [0.05, 0.1) is 6.04 Å². The molecule has 1 aliphatic rings. The minimum atomic E-state index is -0.285. The SMILES string of the molecule is C/C(=C/C1CC(c2ccccc2)(c2ccccc2)CN1C(=O)OCc1ccccc1)C(C)C. The molecule has 1 amide bonds. The minimum absolute atomic E-state index is 0.0314. The fourth-order valence-corrected chi connectivity index (χ4v) is 4.69. The fourth-order valence-electron chi connectivity index (χ4n) is 4.69. The van der Waals surface area contributed by atoms with Crippen molar-refractivity contribution < 1.29 is 9.53 Å². The topological polar surface area (TPSA) is 29.5 Å². The van der Waals surface area contributed by atoms with Gasteiger partial charge in [0.2, 0.25) is 0 Å². The van der Waals surface area contributed by atoms with Crippen LogP contribution in [0.1, 0.15) is 43.9 Å². The van der Waals surface area contributed by atoms with Crippen LogP contribution in [0.3, 0.4) is 0 Å². The molecule has 1 atom stereocenters. The molecule has 0 spiro atoms. The molecule has 0 radical (unpaired) electrons. The third kappa shape index (κ3) is 5.03. The van der Waals surface area contributed by atoms with Crippen molar-refractivity contribution in [1.29, 1.82) is 0 Å². The van der Waals surface area contributed by atoms with Crippen molar-refractivity contribution in [2.24, 2.45) is 5.92 Å². The average molecular weight is 440 g/mol. The van der Waals surface area contributed by atoms with Gasteiger partial charge in [0.25, 0.3) is 0 Å². The Bertz CT molecular complexity index is 1030. The van der Waals surface area contributed by atoms with Crippen molar-refractivity contribution in [3.8, 4) is 0 Å².